The molecular formula is C22H19ClFN7O. The van der Waals surface area contributed by atoms with Crippen LogP contribution in [0, 0.1) is 12.7 Å². The molecule has 1 aromatic carbocycles. The highest BCUT2D eigenvalue weighted by atomic mass is 35.5. The van der Waals surface area contributed by atoms with Crippen molar-refractivity contribution in [1.82, 2.24) is 30.0 Å². The number of halogens is 2. The van der Waals surface area contributed by atoms with Crippen molar-refractivity contribution in [1.29, 1.82) is 0 Å². The number of hydrogen-bond acceptors (Lipinski definition) is 6. The maximum atomic E-state index is 14.4. The second-order valence-corrected chi connectivity index (χ2v) is 7.94. The zero-order valence-corrected chi connectivity index (χ0v) is 18.0. The van der Waals surface area contributed by atoms with E-state index in [1.54, 1.807) is 24.1 Å². The van der Waals surface area contributed by atoms with Crippen LogP contribution in [0.1, 0.15) is 5.82 Å². The van der Waals surface area contributed by atoms with Gasteiger partial charge in [0.05, 0.1) is 27.8 Å². The SMILES string of the molecule is C=CC(=O)N1CCN(c2nc(C)nc3nc(-c4c(Cl)c(F)cc5[nH]ncc45)ccc23)CC1. The number of hydrogen-bond donors (Lipinski definition) is 1. The van der Waals surface area contributed by atoms with E-state index in [1.807, 2.05) is 6.07 Å². The lowest BCUT2D eigenvalue weighted by molar-refractivity contribution is -0.126. The van der Waals surface area contributed by atoms with Crippen LogP contribution in [0.25, 0.3) is 33.2 Å². The van der Waals surface area contributed by atoms with E-state index < -0.39 is 5.82 Å². The van der Waals surface area contributed by atoms with E-state index in [1.165, 1.54) is 12.1 Å². The van der Waals surface area contributed by atoms with Crippen molar-refractivity contribution >= 4 is 45.3 Å². The Bertz CT molecular complexity index is 1380. The van der Waals surface area contributed by atoms with Crippen molar-refractivity contribution in [3.63, 3.8) is 0 Å². The van der Waals surface area contributed by atoms with Crippen LogP contribution < -0.4 is 4.90 Å². The summed E-state index contributed by atoms with van der Waals surface area (Å²) in [6.07, 6.45) is 2.93. The first-order valence-corrected chi connectivity index (χ1v) is 10.5. The minimum Gasteiger partial charge on any atom is -0.352 e. The molecule has 5 rings (SSSR count). The Morgan fingerprint density at radius 1 is 1.19 bits per heavy atom. The van der Waals surface area contributed by atoms with E-state index in [-0.39, 0.29) is 10.9 Å². The van der Waals surface area contributed by atoms with Crippen LogP contribution in [0.15, 0.2) is 37.1 Å². The Balaban J connectivity index is 1.57. The largest absolute Gasteiger partial charge is 0.352 e. The van der Waals surface area contributed by atoms with E-state index in [0.29, 0.717) is 59.8 Å². The highest BCUT2D eigenvalue weighted by molar-refractivity contribution is 6.35. The quantitative estimate of drug-likeness (QED) is 0.479. The van der Waals surface area contributed by atoms with Crippen molar-refractivity contribution in [2.45, 2.75) is 6.92 Å². The number of carbonyl (C=O) groups is 1. The molecule has 1 aliphatic rings. The molecule has 3 aromatic heterocycles. The molecule has 1 amide bonds. The van der Waals surface area contributed by atoms with Crippen LogP contribution in [0.4, 0.5) is 10.2 Å². The number of rotatable bonds is 3. The highest BCUT2D eigenvalue weighted by Crippen LogP contribution is 2.37. The van der Waals surface area contributed by atoms with Crippen LogP contribution in [0.5, 0.6) is 0 Å². The number of pyridine rings is 1. The number of piperazine rings is 1. The fourth-order valence-electron chi connectivity index (χ4n) is 4.03. The maximum absolute atomic E-state index is 14.4. The number of aromatic amines is 1. The van der Waals surface area contributed by atoms with E-state index >= 15 is 0 Å². The molecule has 0 atom stereocenters. The van der Waals surface area contributed by atoms with E-state index in [9.17, 15) is 9.18 Å². The minimum atomic E-state index is -0.549. The Kier molecular flexibility index (Phi) is 4.97. The van der Waals surface area contributed by atoms with Crippen LogP contribution in [-0.2, 0) is 4.79 Å². The summed E-state index contributed by atoms with van der Waals surface area (Å²) in [5.74, 6) is 0.709. The smallest absolute Gasteiger partial charge is 0.246 e. The molecule has 4 aromatic rings. The van der Waals surface area contributed by atoms with Gasteiger partial charge in [0.15, 0.2) is 5.65 Å². The second kappa shape index (κ2) is 7.83. The van der Waals surface area contributed by atoms with Crippen molar-refractivity contribution in [3.8, 4) is 11.3 Å². The molecule has 0 aliphatic carbocycles. The first kappa shape index (κ1) is 20.3. The molecule has 1 fully saturated rings. The standard InChI is InChI=1S/C22H19ClFN7O/c1-3-18(32)30-6-8-31(9-7-30)22-13-4-5-16(28-21(13)26-12(2)27-22)19-14-11-25-29-17(14)10-15(24)20(19)23/h3-5,10-11H,1,6-9H2,2H3,(H,25,29). The molecule has 0 radical (unpaired) electrons. The van der Waals surface area contributed by atoms with Gasteiger partial charge >= 0.3 is 0 Å². The average Bonchev–Trinajstić information content (AvgIpc) is 3.26. The van der Waals surface area contributed by atoms with E-state index in [4.69, 9.17) is 16.6 Å². The van der Waals surface area contributed by atoms with Crippen molar-refractivity contribution in [2.75, 3.05) is 31.1 Å². The van der Waals surface area contributed by atoms with Gasteiger partial charge in [-0.05, 0) is 25.1 Å². The number of H-pyrrole nitrogens is 1. The predicted molar refractivity (Wildman–Crippen MR) is 121 cm³/mol. The maximum Gasteiger partial charge on any atom is 0.246 e. The summed E-state index contributed by atoms with van der Waals surface area (Å²) in [6, 6.07) is 4.98. The lowest BCUT2D eigenvalue weighted by Crippen LogP contribution is -2.48. The summed E-state index contributed by atoms with van der Waals surface area (Å²) in [5.41, 5.74) is 1.99. The Hall–Kier alpha value is -3.59. The van der Waals surface area contributed by atoms with Gasteiger partial charge in [-0.1, -0.05) is 18.2 Å². The second-order valence-electron chi connectivity index (χ2n) is 7.56. The summed E-state index contributed by atoms with van der Waals surface area (Å²) in [6.45, 7) is 7.79. The molecule has 0 bridgehead atoms. The van der Waals surface area contributed by atoms with Gasteiger partial charge in [0, 0.05) is 43.2 Å². The van der Waals surface area contributed by atoms with Crippen LogP contribution in [0.3, 0.4) is 0 Å². The number of anilines is 1. The number of nitrogens with one attached hydrogen (secondary N) is 1. The molecule has 0 saturated carbocycles. The zero-order valence-electron chi connectivity index (χ0n) is 17.3. The van der Waals surface area contributed by atoms with Crippen molar-refractivity contribution in [2.24, 2.45) is 0 Å². The molecule has 0 spiro atoms. The lowest BCUT2D eigenvalue weighted by Gasteiger charge is -2.35. The van der Waals surface area contributed by atoms with Gasteiger partial charge < -0.3 is 9.80 Å². The third-order valence-corrected chi connectivity index (χ3v) is 5.98. The number of aryl methyl sites for hydroxylation is 1. The number of amides is 1. The highest BCUT2D eigenvalue weighted by Gasteiger charge is 2.23. The molecule has 1 N–H and O–H groups in total. The van der Waals surface area contributed by atoms with Gasteiger partial charge in [0.1, 0.15) is 17.5 Å². The van der Waals surface area contributed by atoms with Gasteiger partial charge in [-0.15, -0.1) is 0 Å². The molecule has 1 saturated heterocycles. The average molecular weight is 452 g/mol. The normalized spacial score (nSPS) is 14.3. The molecule has 32 heavy (non-hydrogen) atoms. The van der Waals surface area contributed by atoms with Crippen LogP contribution in [0.2, 0.25) is 5.02 Å². The number of benzene rings is 1. The Labute approximate surface area is 187 Å². The van der Waals surface area contributed by atoms with Crippen molar-refractivity contribution < 1.29 is 9.18 Å². The molecule has 0 unspecified atom stereocenters. The molecule has 8 nitrogen and oxygen atoms in total. The first-order valence-electron chi connectivity index (χ1n) is 10.1. The summed E-state index contributed by atoms with van der Waals surface area (Å²) < 4.78 is 14.4. The lowest BCUT2D eigenvalue weighted by atomic mass is 10.1. The molecular weight excluding hydrogens is 433 g/mol. The zero-order chi connectivity index (χ0) is 22.4. The van der Waals surface area contributed by atoms with E-state index in [0.717, 1.165) is 11.2 Å². The molecule has 1 aliphatic heterocycles. The van der Waals surface area contributed by atoms with Crippen molar-refractivity contribution in [3.05, 3.63) is 53.7 Å². The summed E-state index contributed by atoms with van der Waals surface area (Å²) >= 11 is 6.31. The summed E-state index contributed by atoms with van der Waals surface area (Å²) in [5, 5.41) is 8.21. The number of nitrogens with zero attached hydrogens (tertiary/aromatic N) is 6. The van der Waals surface area contributed by atoms with Gasteiger partial charge in [-0.3, -0.25) is 9.89 Å². The monoisotopic (exact) mass is 451 g/mol. The topological polar surface area (TPSA) is 90.9 Å². The van der Waals surface area contributed by atoms with Gasteiger partial charge in [-0.2, -0.15) is 5.10 Å². The summed E-state index contributed by atoms with van der Waals surface area (Å²) in [7, 11) is 0. The Morgan fingerprint density at radius 3 is 2.72 bits per heavy atom. The predicted octanol–water partition coefficient (Wildman–Crippen LogP) is 3.50. The number of carbonyl (C=O) groups excluding carboxylic acids is 1. The Morgan fingerprint density at radius 2 is 1.97 bits per heavy atom. The number of aromatic nitrogens is 5. The number of fused-ring (bicyclic) bond motifs is 2. The van der Waals surface area contributed by atoms with Crippen LogP contribution >= 0.6 is 11.6 Å². The fraction of sp³-hybridized carbons (Fsp3) is 0.227. The van der Waals surface area contributed by atoms with Gasteiger partial charge in [0.25, 0.3) is 0 Å². The molecule has 10 heteroatoms. The van der Waals surface area contributed by atoms with E-state index in [2.05, 4.69) is 31.6 Å². The minimum absolute atomic E-state index is 0.0141. The molecule has 162 valence electrons. The fourth-order valence-corrected chi connectivity index (χ4v) is 4.28. The third-order valence-electron chi connectivity index (χ3n) is 5.61. The molecule has 4 heterocycles. The first-order chi connectivity index (χ1) is 15.5. The third kappa shape index (κ3) is 3.34. The van der Waals surface area contributed by atoms with Gasteiger partial charge in [0.2, 0.25) is 5.91 Å². The summed E-state index contributed by atoms with van der Waals surface area (Å²) in [4.78, 5) is 29.6. The van der Waals surface area contributed by atoms with Gasteiger partial charge in [-0.25, -0.2) is 19.3 Å². The van der Waals surface area contributed by atoms with Crippen LogP contribution in [-0.4, -0.2) is 62.1 Å².